The highest BCUT2D eigenvalue weighted by molar-refractivity contribution is 5.81. The van der Waals surface area contributed by atoms with Crippen LogP contribution < -0.4 is 19.7 Å². The normalized spacial score (nSPS) is 21.7. The number of carbonyl (C=O) groups excluding carboxylic acids is 1. The molecule has 0 saturated carbocycles. The molecule has 0 aromatic heterocycles. The molecule has 2 aliphatic heterocycles. The lowest BCUT2D eigenvalue weighted by molar-refractivity contribution is -0.954. The van der Waals surface area contributed by atoms with Gasteiger partial charge < -0.3 is 24.4 Å². The first-order chi connectivity index (χ1) is 11.1. The Morgan fingerprint density at radius 3 is 2.70 bits per heavy atom. The lowest BCUT2D eigenvalue weighted by Gasteiger charge is -2.38. The molecule has 0 unspecified atom stereocenters. The van der Waals surface area contributed by atoms with Crippen molar-refractivity contribution in [2.45, 2.75) is 25.5 Å². The summed E-state index contributed by atoms with van der Waals surface area (Å²) in [5.74, 6) is 1.19. The number of para-hydroxylation sites is 2. The molecule has 0 bridgehead atoms. The van der Waals surface area contributed by atoms with Gasteiger partial charge in [0.2, 0.25) is 6.10 Å². The molecule has 1 aromatic rings. The third kappa shape index (κ3) is 3.76. The van der Waals surface area contributed by atoms with Crippen molar-refractivity contribution in [3.05, 3.63) is 24.3 Å². The number of hydrogen-bond donors (Lipinski definition) is 2. The van der Waals surface area contributed by atoms with Crippen molar-refractivity contribution >= 4 is 5.91 Å². The van der Waals surface area contributed by atoms with Crippen LogP contribution in [0.25, 0.3) is 0 Å². The van der Waals surface area contributed by atoms with E-state index in [9.17, 15) is 4.79 Å². The zero-order valence-electron chi connectivity index (χ0n) is 13.8. The summed E-state index contributed by atoms with van der Waals surface area (Å²) in [7, 11) is 0. The molecule has 6 nitrogen and oxygen atoms in total. The summed E-state index contributed by atoms with van der Waals surface area (Å²) < 4.78 is 16.7. The number of ether oxygens (including phenoxy) is 3. The van der Waals surface area contributed by atoms with Gasteiger partial charge >= 0.3 is 0 Å². The Bertz CT molecular complexity index is 555. The fourth-order valence-corrected chi connectivity index (χ4v) is 2.99. The number of fused-ring (bicyclic) bond motifs is 1. The first-order valence-corrected chi connectivity index (χ1v) is 8.15. The summed E-state index contributed by atoms with van der Waals surface area (Å²) in [5, 5.41) is 3.02. The minimum atomic E-state index is -0.597. The highest BCUT2D eigenvalue weighted by Crippen LogP contribution is 2.30. The lowest BCUT2D eigenvalue weighted by atomic mass is 10.0. The summed E-state index contributed by atoms with van der Waals surface area (Å²) in [6.07, 6.45) is -0.597. The van der Waals surface area contributed by atoms with Crippen molar-refractivity contribution in [2.24, 2.45) is 0 Å². The zero-order chi connectivity index (χ0) is 16.3. The number of morpholine rings is 1. The smallest absolute Gasteiger partial charge is 0.264 e. The van der Waals surface area contributed by atoms with Crippen LogP contribution in [0, 0.1) is 0 Å². The molecule has 0 radical (unpaired) electrons. The number of rotatable bonds is 4. The van der Waals surface area contributed by atoms with E-state index in [0.29, 0.717) is 18.0 Å². The third-order valence-electron chi connectivity index (χ3n) is 4.56. The maximum Gasteiger partial charge on any atom is 0.264 e. The second-order valence-corrected chi connectivity index (χ2v) is 6.68. The van der Waals surface area contributed by atoms with Crippen LogP contribution in [0.3, 0.4) is 0 Å². The summed E-state index contributed by atoms with van der Waals surface area (Å²) >= 11 is 0. The first kappa shape index (κ1) is 16.1. The molecule has 1 saturated heterocycles. The van der Waals surface area contributed by atoms with Crippen LogP contribution in [0.2, 0.25) is 0 Å². The first-order valence-electron chi connectivity index (χ1n) is 8.15. The van der Waals surface area contributed by atoms with Gasteiger partial charge in [-0.3, -0.25) is 4.79 Å². The molecule has 0 aliphatic carbocycles. The SMILES string of the molecule is CC(C)(CNC(=O)[C@@H]1COc2ccccc2O1)[NH+]1CCOCC1. The van der Waals surface area contributed by atoms with Crippen molar-refractivity contribution in [1.82, 2.24) is 5.32 Å². The highest BCUT2D eigenvalue weighted by Gasteiger charge is 2.34. The molecular formula is C17H25N2O4+. The topological polar surface area (TPSA) is 61.2 Å². The van der Waals surface area contributed by atoms with Crippen LogP contribution in [-0.4, -0.2) is 57.0 Å². The van der Waals surface area contributed by atoms with Gasteiger partial charge in [-0.05, 0) is 26.0 Å². The van der Waals surface area contributed by atoms with Crippen molar-refractivity contribution in [3.63, 3.8) is 0 Å². The Balaban J connectivity index is 1.53. The molecule has 23 heavy (non-hydrogen) atoms. The van der Waals surface area contributed by atoms with E-state index in [4.69, 9.17) is 14.2 Å². The second-order valence-electron chi connectivity index (χ2n) is 6.68. The Kier molecular flexibility index (Phi) is 4.73. The molecule has 0 spiro atoms. The van der Waals surface area contributed by atoms with Gasteiger partial charge in [0, 0.05) is 0 Å². The van der Waals surface area contributed by atoms with Gasteiger partial charge in [-0.2, -0.15) is 0 Å². The average Bonchev–Trinajstić information content (AvgIpc) is 2.60. The van der Waals surface area contributed by atoms with Crippen LogP contribution >= 0.6 is 0 Å². The van der Waals surface area contributed by atoms with E-state index in [2.05, 4.69) is 19.2 Å². The Hall–Kier alpha value is -1.79. The summed E-state index contributed by atoms with van der Waals surface area (Å²) in [6, 6.07) is 7.41. The third-order valence-corrected chi connectivity index (χ3v) is 4.56. The Labute approximate surface area is 136 Å². The molecule has 1 amide bonds. The van der Waals surface area contributed by atoms with E-state index in [-0.39, 0.29) is 18.1 Å². The summed E-state index contributed by atoms with van der Waals surface area (Å²) in [5.41, 5.74) is -0.0349. The van der Waals surface area contributed by atoms with Gasteiger partial charge in [0.15, 0.2) is 11.5 Å². The van der Waals surface area contributed by atoms with E-state index < -0.39 is 6.10 Å². The second kappa shape index (κ2) is 6.76. The number of nitrogens with one attached hydrogen (secondary N) is 2. The molecule has 3 rings (SSSR count). The number of carbonyl (C=O) groups is 1. The van der Waals surface area contributed by atoms with Crippen molar-refractivity contribution < 1.29 is 23.9 Å². The molecule has 2 N–H and O–H groups in total. The van der Waals surface area contributed by atoms with Crippen molar-refractivity contribution in [3.8, 4) is 11.5 Å². The molecule has 6 heteroatoms. The molecule has 2 aliphatic rings. The van der Waals surface area contributed by atoms with Gasteiger partial charge in [0.05, 0.1) is 19.8 Å². The van der Waals surface area contributed by atoms with Crippen molar-refractivity contribution in [2.75, 3.05) is 39.5 Å². The maximum atomic E-state index is 12.4. The van der Waals surface area contributed by atoms with Gasteiger partial charge in [-0.25, -0.2) is 0 Å². The van der Waals surface area contributed by atoms with Crippen LogP contribution in [0.5, 0.6) is 11.5 Å². The molecule has 1 atom stereocenters. The summed E-state index contributed by atoms with van der Waals surface area (Å²) in [4.78, 5) is 13.8. The van der Waals surface area contributed by atoms with E-state index in [1.165, 1.54) is 4.90 Å². The fraction of sp³-hybridized carbons (Fsp3) is 0.588. The van der Waals surface area contributed by atoms with E-state index in [0.717, 1.165) is 26.3 Å². The van der Waals surface area contributed by atoms with Crippen LogP contribution in [-0.2, 0) is 9.53 Å². The monoisotopic (exact) mass is 321 g/mol. The Morgan fingerprint density at radius 2 is 1.96 bits per heavy atom. The molecule has 1 aromatic carbocycles. The van der Waals surface area contributed by atoms with Gasteiger partial charge in [0.1, 0.15) is 25.2 Å². The van der Waals surface area contributed by atoms with E-state index in [1.54, 1.807) is 0 Å². The molecular weight excluding hydrogens is 296 g/mol. The predicted molar refractivity (Wildman–Crippen MR) is 85.0 cm³/mol. The standard InChI is InChI=1S/C17H24N2O4/c1-17(2,19-7-9-21-10-8-19)12-18-16(20)15-11-22-13-5-3-4-6-14(13)23-15/h3-6,15H,7-12H2,1-2H3,(H,18,20)/p+1/t15-/m0/s1. The van der Waals surface area contributed by atoms with Crippen LogP contribution in [0.1, 0.15) is 13.8 Å². The fourth-order valence-electron chi connectivity index (χ4n) is 2.99. The highest BCUT2D eigenvalue weighted by atomic mass is 16.6. The van der Waals surface area contributed by atoms with E-state index in [1.807, 2.05) is 24.3 Å². The lowest BCUT2D eigenvalue weighted by Crippen LogP contribution is -3.22. The maximum absolute atomic E-state index is 12.4. The quantitative estimate of drug-likeness (QED) is 0.795. The van der Waals surface area contributed by atoms with Gasteiger partial charge in [-0.1, -0.05) is 12.1 Å². The molecule has 126 valence electrons. The number of hydrogen-bond acceptors (Lipinski definition) is 4. The van der Waals surface area contributed by atoms with Crippen LogP contribution in [0.15, 0.2) is 24.3 Å². The number of amides is 1. The minimum Gasteiger partial charge on any atom is -0.485 e. The number of benzene rings is 1. The predicted octanol–water partition coefficient (Wildman–Crippen LogP) is -0.364. The Morgan fingerprint density at radius 1 is 1.26 bits per heavy atom. The van der Waals surface area contributed by atoms with Crippen molar-refractivity contribution in [1.29, 1.82) is 0 Å². The summed E-state index contributed by atoms with van der Waals surface area (Å²) in [6.45, 7) is 8.68. The average molecular weight is 321 g/mol. The molecule has 2 heterocycles. The van der Waals surface area contributed by atoms with Gasteiger partial charge in [-0.15, -0.1) is 0 Å². The minimum absolute atomic E-state index is 0.0349. The van der Waals surface area contributed by atoms with Gasteiger partial charge in [0.25, 0.3) is 5.91 Å². The molecule has 1 fully saturated rings. The number of quaternary nitrogens is 1. The zero-order valence-corrected chi connectivity index (χ0v) is 13.8. The largest absolute Gasteiger partial charge is 0.485 e. The van der Waals surface area contributed by atoms with E-state index >= 15 is 0 Å². The van der Waals surface area contributed by atoms with Crippen LogP contribution in [0.4, 0.5) is 0 Å².